The molecule has 1 aliphatic rings. The highest BCUT2D eigenvalue weighted by Crippen LogP contribution is 2.41. The van der Waals surface area contributed by atoms with Crippen LogP contribution in [0.5, 0.6) is 0 Å². The summed E-state index contributed by atoms with van der Waals surface area (Å²) in [6, 6.07) is 5.95. The van der Waals surface area contributed by atoms with Crippen molar-refractivity contribution in [1.82, 2.24) is 0 Å². The van der Waals surface area contributed by atoms with Gasteiger partial charge >= 0.3 is 11.9 Å². The van der Waals surface area contributed by atoms with E-state index in [4.69, 9.17) is 14.5 Å². The smallest absolute Gasteiger partial charge is 0.363 e. The van der Waals surface area contributed by atoms with E-state index in [0.29, 0.717) is 31.7 Å². The summed E-state index contributed by atoms with van der Waals surface area (Å²) >= 11 is 0. The second-order valence-corrected chi connectivity index (χ2v) is 11.6. The number of aryl methyl sites for hydroxylation is 1. The number of esters is 2. The van der Waals surface area contributed by atoms with Crippen LogP contribution < -0.4 is 0 Å². The first-order valence-corrected chi connectivity index (χ1v) is 16.1. The number of carbonyl (C=O) groups excluding carboxylic acids is 2. The van der Waals surface area contributed by atoms with Crippen molar-refractivity contribution in [2.24, 2.45) is 10.1 Å². The normalized spacial score (nSPS) is 15.1. The lowest BCUT2D eigenvalue weighted by Crippen LogP contribution is -2.41. The van der Waals surface area contributed by atoms with Crippen molar-refractivity contribution in [1.29, 1.82) is 0 Å². The van der Waals surface area contributed by atoms with Gasteiger partial charge in [-0.25, -0.2) is 9.59 Å². The maximum Gasteiger partial charge on any atom is 0.363 e. The van der Waals surface area contributed by atoms with E-state index in [0.717, 1.165) is 68.1 Å². The van der Waals surface area contributed by atoms with E-state index in [2.05, 4.69) is 38.9 Å². The van der Waals surface area contributed by atoms with E-state index < -0.39 is 18.0 Å². The number of carbonyl (C=O) groups is 2. The predicted molar refractivity (Wildman–Crippen MR) is 166 cm³/mol. The minimum absolute atomic E-state index is 0.124. The molecule has 7 heteroatoms. The minimum atomic E-state index is -1.05. The van der Waals surface area contributed by atoms with Crippen molar-refractivity contribution in [2.45, 2.75) is 142 Å². The number of unbranched alkanes of at least 4 members (excludes halogenated alkanes) is 8. The van der Waals surface area contributed by atoms with Crippen molar-refractivity contribution in [3.05, 3.63) is 34.9 Å². The van der Waals surface area contributed by atoms with E-state index >= 15 is 0 Å². The number of hydrogen-bond acceptors (Lipinski definition) is 7. The third kappa shape index (κ3) is 9.96. The van der Waals surface area contributed by atoms with E-state index in [9.17, 15) is 14.8 Å². The summed E-state index contributed by atoms with van der Waals surface area (Å²) in [5, 5.41) is 13.3. The molecule has 1 heterocycles. The molecular weight excluding hydrogens is 516 g/mol. The summed E-state index contributed by atoms with van der Waals surface area (Å²) in [7, 11) is 0. The van der Waals surface area contributed by atoms with Crippen LogP contribution in [0.15, 0.2) is 28.3 Å². The minimum Gasteiger partial charge on any atom is -0.463 e. The summed E-state index contributed by atoms with van der Waals surface area (Å²) < 4.78 is 11.2. The molecule has 1 aromatic carbocycles. The molecule has 1 atom stereocenters. The van der Waals surface area contributed by atoms with Gasteiger partial charge in [0.1, 0.15) is 5.71 Å². The lowest BCUT2D eigenvalue weighted by Gasteiger charge is -2.39. The van der Waals surface area contributed by atoms with Gasteiger partial charge in [0, 0.05) is 17.5 Å². The Balaban J connectivity index is 2.12. The number of aliphatic imine (C=N–C) groups is 1. The summed E-state index contributed by atoms with van der Waals surface area (Å²) in [6.45, 7) is 11.5. The molecule has 41 heavy (non-hydrogen) atoms. The second-order valence-electron chi connectivity index (χ2n) is 11.6. The molecule has 0 radical (unpaired) electrons. The zero-order valence-corrected chi connectivity index (χ0v) is 26.3. The highest BCUT2D eigenvalue weighted by atomic mass is 16.6. The molecule has 0 amide bonds. The molecule has 230 valence electrons. The average Bonchev–Trinajstić information content (AvgIpc) is 2.96. The lowest BCUT2D eigenvalue weighted by molar-refractivity contribution is -0.164. The van der Waals surface area contributed by atoms with Crippen LogP contribution in [-0.4, -0.2) is 47.8 Å². The first-order valence-electron chi connectivity index (χ1n) is 16.1. The summed E-state index contributed by atoms with van der Waals surface area (Å²) in [4.78, 5) is 31.1. The Bertz CT molecular complexity index is 1010. The van der Waals surface area contributed by atoms with Crippen LogP contribution in [0.2, 0.25) is 0 Å². The molecule has 1 aliphatic heterocycles. The van der Waals surface area contributed by atoms with Crippen LogP contribution in [0.25, 0.3) is 0 Å². The zero-order chi connectivity index (χ0) is 30.1. The van der Waals surface area contributed by atoms with Crippen LogP contribution in [0.4, 0.5) is 0 Å². The Morgan fingerprint density at radius 3 is 2.17 bits per heavy atom. The van der Waals surface area contributed by atoms with Gasteiger partial charge in [-0.3, -0.25) is 4.99 Å². The molecule has 2 rings (SSSR count). The van der Waals surface area contributed by atoms with Gasteiger partial charge in [0.15, 0.2) is 6.10 Å². The number of rotatable bonds is 20. The van der Waals surface area contributed by atoms with E-state index in [-0.39, 0.29) is 11.1 Å². The monoisotopic (exact) mass is 570 g/mol. The molecule has 0 aromatic heterocycles. The maximum atomic E-state index is 13.4. The molecule has 1 N–H and O–H groups in total. The highest BCUT2D eigenvalue weighted by molar-refractivity contribution is 6.69. The van der Waals surface area contributed by atoms with Gasteiger partial charge in [-0.05, 0) is 50.2 Å². The predicted octanol–water partition coefficient (Wildman–Crippen LogP) is 8.25. The molecule has 1 aromatic rings. The molecule has 0 fully saturated rings. The highest BCUT2D eigenvalue weighted by Gasteiger charge is 2.40. The third-order valence-electron chi connectivity index (χ3n) is 8.15. The quantitative estimate of drug-likeness (QED) is 0.0559. The van der Waals surface area contributed by atoms with Crippen LogP contribution in [0.3, 0.4) is 0 Å². The number of oxime groups is 1. The molecule has 0 saturated carbocycles. The summed E-state index contributed by atoms with van der Waals surface area (Å²) in [6.07, 6.45) is 14.1. The van der Waals surface area contributed by atoms with Crippen LogP contribution in [-0.2, 0) is 24.5 Å². The van der Waals surface area contributed by atoms with Gasteiger partial charge in [0.2, 0.25) is 5.71 Å². The number of benzene rings is 1. The van der Waals surface area contributed by atoms with Crippen molar-refractivity contribution in [2.75, 3.05) is 13.2 Å². The number of hydrogen-bond donors (Lipinski definition) is 1. The zero-order valence-electron chi connectivity index (χ0n) is 26.3. The Kier molecular flexibility index (Phi) is 15.7. The van der Waals surface area contributed by atoms with Gasteiger partial charge in [0.05, 0.1) is 6.61 Å². The molecule has 0 aliphatic carbocycles. The fourth-order valence-electron chi connectivity index (χ4n) is 6.14. The van der Waals surface area contributed by atoms with E-state index in [1.54, 1.807) is 0 Å². The van der Waals surface area contributed by atoms with Gasteiger partial charge in [-0.2, -0.15) is 0 Å². The Morgan fingerprint density at radius 2 is 1.56 bits per heavy atom. The fourth-order valence-corrected chi connectivity index (χ4v) is 6.14. The van der Waals surface area contributed by atoms with Crippen molar-refractivity contribution < 1.29 is 24.3 Å². The first kappa shape index (κ1) is 34.5. The maximum absolute atomic E-state index is 13.4. The molecule has 0 bridgehead atoms. The second kappa shape index (κ2) is 18.7. The standard InChI is InChI=1S/C34H54N2O5/c1-6-10-12-13-14-15-16-17-24-40-32(37)28(21-11-7-2)41-33(38)31(36-39)30-27-20-18-19-26(5)29(27)34(22-8-3,23-9-4)25-35-30/h18-20,28,39H,6-17,21-25H2,1-5H3/b36-31+. The molecule has 0 spiro atoms. The van der Waals surface area contributed by atoms with Crippen LogP contribution >= 0.6 is 0 Å². The first-order chi connectivity index (χ1) is 19.9. The molecule has 1 unspecified atom stereocenters. The number of fused-ring (bicyclic) bond motifs is 1. The largest absolute Gasteiger partial charge is 0.463 e. The van der Waals surface area contributed by atoms with E-state index in [1.165, 1.54) is 32.1 Å². The van der Waals surface area contributed by atoms with Crippen LogP contribution in [0.1, 0.15) is 141 Å². The van der Waals surface area contributed by atoms with Gasteiger partial charge in [-0.1, -0.05) is 115 Å². The number of ether oxygens (including phenoxy) is 2. The Hall–Kier alpha value is -2.70. The van der Waals surface area contributed by atoms with Crippen molar-refractivity contribution >= 4 is 23.4 Å². The number of nitrogens with zero attached hydrogens (tertiary/aromatic N) is 2. The van der Waals surface area contributed by atoms with Gasteiger partial charge in [0.25, 0.3) is 0 Å². The molecular formula is C34H54N2O5. The van der Waals surface area contributed by atoms with Gasteiger partial charge in [-0.15, -0.1) is 0 Å². The Morgan fingerprint density at radius 1 is 0.927 bits per heavy atom. The lowest BCUT2D eigenvalue weighted by atomic mass is 9.68. The molecule has 0 saturated heterocycles. The van der Waals surface area contributed by atoms with Crippen molar-refractivity contribution in [3.63, 3.8) is 0 Å². The van der Waals surface area contributed by atoms with Gasteiger partial charge < -0.3 is 14.7 Å². The Labute approximate surface area is 248 Å². The third-order valence-corrected chi connectivity index (χ3v) is 8.15. The van der Waals surface area contributed by atoms with Crippen molar-refractivity contribution in [3.8, 4) is 0 Å². The summed E-state index contributed by atoms with van der Waals surface area (Å²) in [5.41, 5.74) is 3.02. The SMILES string of the molecule is CCCCCCCCCCOC(=O)C(CCCC)OC(=O)/C(=N/O)C1=NCC(CCC)(CCC)c2c(C)cccc21. The average molecular weight is 571 g/mol. The van der Waals surface area contributed by atoms with Crippen LogP contribution in [0, 0.1) is 6.92 Å². The fraction of sp³-hybridized carbons (Fsp3) is 0.706. The molecule has 7 nitrogen and oxygen atoms in total. The summed E-state index contributed by atoms with van der Waals surface area (Å²) in [5.74, 6) is -1.40. The topological polar surface area (TPSA) is 97.6 Å². The van der Waals surface area contributed by atoms with E-state index in [1.807, 2.05) is 19.1 Å².